The second-order valence-corrected chi connectivity index (χ2v) is 4.26. The molecule has 0 amide bonds. The molecule has 0 radical (unpaired) electrons. The van der Waals surface area contributed by atoms with Crippen molar-refractivity contribution in [1.29, 1.82) is 0 Å². The van der Waals surface area contributed by atoms with E-state index >= 15 is 0 Å². The van der Waals surface area contributed by atoms with Crippen LogP contribution in [0, 0.1) is 0 Å². The van der Waals surface area contributed by atoms with E-state index in [4.69, 9.17) is 4.74 Å². The van der Waals surface area contributed by atoms with Crippen LogP contribution < -0.4 is 0 Å². The molecule has 2 nitrogen and oxygen atoms in total. The van der Waals surface area contributed by atoms with Gasteiger partial charge < -0.3 is 9.84 Å². The summed E-state index contributed by atoms with van der Waals surface area (Å²) in [4.78, 5) is 0. The van der Waals surface area contributed by atoms with Gasteiger partial charge in [0.25, 0.3) is 0 Å². The number of ether oxygens (including phenoxy) is 1. The molecule has 0 aromatic rings. The van der Waals surface area contributed by atoms with Gasteiger partial charge in [0.1, 0.15) is 5.60 Å². The summed E-state index contributed by atoms with van der Waals surface area (Å²) in [6.45, 7) is 6.00. The van der Waals surface area contributed by atoms with Gasteiger partial charge in [-0.2, -0.15) is 0 Å². The maximum Gasteiger partial charge on any atom is 0.165 e. The van der Waals surface area contributed by atoms with E-state index in [0.29, 0.717) is 5.76 Å². The van der Waals surface area contributed by atoms with Crippen molar-refractivity contribution in [1.82, 2.24) is 0 Å². The van der Waals surface area contributed by atoms with E-state index in [1.165, 1.54) is 5.57 Å². The molecule has 0 saturated carbocycles. The molecule has 70 valence electrons. The highest BCUT2D eigenvalue weighted by Gasteiger charge is 2.32. The largest absolute Gasteiger partial charge is 0.504 e. The Labute approximate surface area is 78.2 Å². The zero-order chi connectivity index (χ0) is 9.64. The lowest BCUT2D eigenvalue weighted by molar-refractivity contribution is 0.0932. The summed E-state index contributed by atoms with van der Waals surface area (Å²) in [5, 5.41) is 9.62. The van der Waals surface area contributed by atoms with Crippen molar-refractivity contribution in [3.05, 3.63) is 34.8 Å². The highest BCUT2D eigenvalue weighted by molar-refractivity contribution is 5.45. The van der Waals surface area contributed by atoms with Crippen LogP contribution in [-0.2, 0) is 4.74 Å². The maximum atomic E-state index is 9.62. The van der Waals surface area contributed by atoms with Crippen molar-refractivity contribution in [3.63, 3.8) is 0 Å². The average Bonchev–Trinajstić information content (AvgIpc) is 2.23. The van der Waals surface area contributed by atoms with Gasteiger partial charge in [0.05, 0.1) is 0 Å². The molecule has 1 N–H and O–H groups in total. The standard InChI is InChI=1S/C11H14O2/c1-7-4-8-6-11(2,3)13-10(8)9(12)5-7/h5-6,12H,4H2,1-3H3. The number of hydrogen-bond acceptors (Lipinski definition) is 2. The number of fused-ring (bicyclic) bond motifs is 1. The number of aliphatic hydroxyl groups is 1. The van der Waals surface area contributed by atoms with E-state index in [9.17, 15) is 5.11 Å². The van der Waals surface area contributed by atoms with E-state index in [2.05, 4.69) is 6.08 Å². The normalized spacial score (nSPS) is 24.8. The molecule has 13 heavy (non-hydrogen) atoms. The third-order valence-corrected chi connectivity index (χ3v) is 2.26. The lowest BCUT2D eigenvalue weighted by atomic mass is 9.97. The van der Waals surface area contributed by atoms with Crippen molar-refractivity contribution in [2.75, 3.05) is 0 Å². The first kappa shape index (κ1) is 8.42. The van der Waals surface area contributed by atoms with Crippen LogP contribution in [0.25, 0.3) is 0 Å². The van der Waals surface area contributed by atoms with Crippen molar-refractivity contribution in [2.45, 2.75) is 32.8 Å². The van der Waals surface area contributed by atoms with E-state index in [1.807, 2.05) is 20.8 Å². The zero-order valence-electron chi connectivity index (χ0n) is 8.22. The molecule has 1 aliphatic carbocycles. The fourth-order valence-electron chi connectivity index (χ4n) is 1.84. The van der Waals surface area contributed by atoms with Crippen LogP contribution in [0.4, 0.5) is 0 Å². The molecule has 0 bridgehead atoms. The minimum Gasteiger partial charge on any atom is -0.504 e. The molecule has 0 atom stereocenters. The van der Waals surface area contributed by atoms with Crippen LogP contribution in [0.2, 0.25) is 0 Å². The van der Waals surface area contributed by atoms with E-state index in [0.717, 1.165) is 12.0 Å². The van der Waals surface area contributed by atoms with Gasteiger partial charge in [-0.15, -0.1) is 0 Å². The Kier molecular flexibility index (Phi) is 1.56. The Morgan fingerprint density at radius 3 is 2.85 bits per heavy atom. The summed E-state index contributed by atoms with van der Waals surface area (Å²) >= 11 is 0. The quantitative estimate of drug-likeness (QED) is 0.618. The van der Waals surface area contributed by atoms with Gasteiger partial charge in [-0.25, -0.2) is 0 Å². The van der Waals surface area contributed by atoms with Crippen LogP contribution in [-0.4, -0.2) is 10.7 Å². The summed E-state index contributed by atoms with van der Waals surface area (Å²) in [7, 11) is 0. The van der Waals surface area contributed by atoms with Crippen LogP contribution in [0.3, 0.4) is 0 Å². The smallest absolute Gasteiger partial charge is 0.165 e. The third-order valence-electron chi connectivity index (χ3n) is 2.26. The van der Waals surface area contributed by atoms with Crippen LogP contribution in [0.15, 0.2) is 34.8 Å². The number of allylic oxidation sites excluding steroid dienone is 3. The molecule has 0 aromatic carbocycles. The van der Waals surface area contributed by atoms with Crippen molar-refractivity contribution in [3.8, 4) is 0 Å². The molecule has 0 saturated heterocycles. The fourth-order valence-corrected chi connectivity index (χ4v) is 1.84. The van der Waals surface area contributed by atoms with E-state index in [1.54, 1.807) is 6.08 Å². The zero-order valence-corrected chi connectivity index (χ0v) is 8.22. The van der Waals surface area contributed by atoms with Gasteiger partial charge >= 0.3 is 0 Å². The number of rotatable bonds is 0. The van der Waals surface area contributed by atoms with Gasteiger partial charge in [-0.1, -0.05) is 5.57 Å². The minimum atomic E-state index is -0.267. The van der Waals surface area contributed by atoms with Gasteiger partial charge in [0, 0.05) is 5.57 Å². The first-order valence-corrected chi connectivity index (χ1v) is 4.49. The summed E-state index contributed by atoms with van der Waals surface area (Å²) in [6.07, 6.45) is 4.74. The SMILES string of the molecule is CC1=CC(O)=C2OC(C)(C)C=C2C1. The molecule has 1 heterocycles. The molecule has 2 aliphatic rings. The summed E-state index contributed by atoms with van der Waals surface area (Å²) in [5.41, 5.74) is 2.02. The van der Waals surface area contributed by atoms with Gasteiger partial charge in [0.15, 0.2) is 11.5 Å². The van der Waals surface area contributed by atoms with Crippen LogP contribution in [0.5, 0.6) is 0 Å². The molecular weight excluding hydrogens is 164 g/mol. The van der Waals surface area contributed by atoms with Gasteiger partial charge in [-0.05, 0) is 39.3 Å². The Hall–Kier alpha value is -1.18. The predicted molar refractivity (Wildman–Crippen MR) is 51.3 cm³/mol. The fraction of sp³-hybridized carbons (Fsp3) is 0.455. The predicted octanol–water partition coefficient (Wildman–Crippen LogP) is 2.84. The third kappa shape index (κ3) is 1.37. The van der Waals surface area contributed by atoms with Gasteiger partial charge in [0.2, 0.25) is 0 Å². The topological polar surface area (TPSA) is 29.5 Å². The molecule has 2 heteroatoms. The summed E-state index contributed by atoms with van der Waals surface area (Å²) < 4.78 is 5.61. The summed E-state index contributed by atoms with van der Waals surface area (Å²) in [5.74, 6) is 0.927. The molecule has 2 rings (SSSR count). The van der Waals surface area contributed by atoms with Crippen LogP contribution in [0.1, 0.15) is 27.2 Å². The molecule has 1 aliphatic heterocycles. The van der Waals surface area contributed by atoms with Crippen molar-refractivity contribution < 1.29 is 9.84 Å². The minimum absolute atomic E-state index is 0.264. The first-order valence-electron chi connectivity index (χ1n) is 4.49. The highest BCUT2D eigenvalue weighted by Crippen LogP contribution is 2.38. The van der Waals surface area contributed by atoms with E-state index in [-0.39, 0.29) is 11.4 Å². The average molecular weight is 178 g/mol. The van der Waals surface area contributed by atoms with Gasteiger partial charge in [-0.3, -0.25) is 0 Å². The monoisotopic (exact) mass is 178 g/mol. The van der Waals surface area contributed by atoms with Crippen LogP contribution >= 0.6 is 0 Å². The molecular formula is C11H14O2. The Balaban J connectivity index is 2.45. The van der Waals surface area contributed by atoms with E-state index < -0.39 is 0 Å². The highest BCUT2D eigenvalue weighted by atomic mass is 16.5. The number of aliphatic hydroxyl groups excluding tert-OH is 1. The lowest BCUT2D eigenvalue weighted by Gasteiger charge is -2.18. The maximum absolute atomic E-state index is 9.62. The second kappa shape index (κ2) is 2.41. The lowest BCUT2D eigenvalue weighted by Crippen LogP contribution is -2.15. The summed E-state index contributed by atoms with van der Waals surface area (Å²) in [6, 6.07) is 0. The Morgan fingerprint density at radius 2 is 2.15 bits per heavy atom. The molecule has 0 spiro atoms. The first-order chi connectivity index (χ1) is 5.98. The Morgan fingerprint density at radius 1 is 1.46 bits per heavy atom. The molecule has 0 fully saturated rings. The van der Waals surface area contributed by atoms with Crippen molar-refractivity contribution in [2.24, 2.45) is 0 Å². The number of hydrogen-bond donors (Lipinski definition) is 1. The Bertz CT molecular complexity index is 343. The second-order valence-electron chi connectivity index (χ2n) is 4.26. The van der Waals surface area contributed by atoms with Crippen molar-refractivity contribution >= 4 is 0 Å². The molecule has 0 aromatic heterocycles. The molecule has 0 unspecified atom stereocenters.